The van der Waals surface area contributed by atoms with Gasteiger partial charge in [0.15, 0.2) is 0 Å². The van der Waals surface area contributed by atoms with Gasteiger partial charge in [0.05, 0.1) is 0 Å². The molecule has 4 aromatic rings. The van der Waals surface area contributed by atoms with Crippen molar-refractivity contribution in [1.82, 2.24) is 0 Å². The van der Waals surface area contributed by atoms with Gasteiger partial charge in [0, 0.05) is 0 Å². The van der Waals surface area contributed by atoms with E-state index >= 15 is 0 Å². The van der Waals surface area contributed by atoms with Gasteiger partial charge in [0.1, 0.15) is 0 Å². The Balaban J connectivity index is 0.00000111. The first kappa shape index (κ1) is 21.8. The van der Waals surface area contributed by atoms with E-state index in [9.17, 15) is 0 Å². The van der Waals surface area contributed by atoms with Crippen molar-refractivity contribution in [3.05, 3.63) is 157 Å². The Morgan fingerprint density at radius 2 is 0.818 bits per heavy atom. The largest absolute Gasteiger partial charge is 0.106 e. The van der Waals surface area contributed by atoms with Crippen LogP contribution in [0.2, 0.25) is 0 Å². The summed E-state index contributed by atoms with van der Waals surface area (Å²) in [5.41, 5.74) is 5.78. The van der Waals surface area contributed by atoms with E-state index in [1.54, 1.807) is 6.54 Å². The van der Waals surface area contributed by atoms with Crippen LogP contribution in [0.1, 0.15) is 29.5 Å². The molecule has 0 nitrogen and oxygen atoms in total. The first-order chi connectivity index (χ1) is 16.4. The van der Waals surface area contributed by atoms with E-state index in [1.807, 2.05) is 0 Å². The molecule has 160 valence electrons. The molecule has 0 heterocycles. The summed E-state index contributed by atoms with van der Waals surface area (Å²) in [4.78, 5) is 0. The van der Waals surface area contributed by atoms with Crippen molar-refractivity contribution in [2.45, 2.75) is 7.25 Å². The van der Waals surface area contributed by atoms with Gasteiger partial charge in [-0.1, -0.05) is 0 Å². The molecule has 0 bridgehead atoms. The van der Waals surface area contributed by atoms with Gasteiger partial charge in [-0.25, -0.2) is 0 Å². The van der Waals surface area contributed by atoms with Gasteiger partial charge in [0.25, 0.3) is 0 Å². The van der Waals surface area contributed by atoms with Crippen LogP contribution in [0.4, 0.5) is 0 Å². The third kappa shape index (κ3) is 3.56. The molecule has 2 unspecified atom stereocenters. The molecule has 0 radical (unpaired) electrons. The van der Waals surface area contributed by atoms with E-state index in [2.05, 4.69) is 147 Å². The Hall–Kier alpha value is -3.02. The maximum absolute atomic E-state index is 3.44. The molecule has 0 saturated carbocycles. The Morgan fingerprint density at radius 3 is 1.24 bits per heavy atom. The van der Waals surface area contributed by atoms with E-state index in [0.717, 1.165) is 0 Å². The van der Waals surface area contributed by atoms with Crippen molar-refractivity contribution < 1.29 is 20.3 Å². The Kier molecular flexibility index (Phi) is 6.25. The molecule has 6 rings (SSSR count). The molecular weight excluding hydrogens is 476 g/mol. The predicted molar refractivity (Wildman–Crippen MR) is 140 cm³/mol. The number of benzene rings is 4. The van der Waals surface area contributed by atoms with Crippen LogP contribution in [-0.4, -0.2) is 0 Å². The average Bonchev–Trinajstić information content (AvgIpc) is 3.53. The molecule has 0 aromatic heterocycles. The number of allylic oxidation sites excluding steroid dienone is 2. The summed E-state index contributed by atoms with van der Waals surface area (Å²) in [5.74, 6) is 0. The molecule has 2 aliphatic carbocycles. The van der Waals surface area contributed by atoms with E-state index in [1.165, 1.54) is 22.3 Å². The zero-order valence-corrected chi connectivity index (χ0v) is 21.2. The van der Waals surface area contributed by atoms with Crippen LogP contribution in [0.3, 0.4) is 0 Å². The fourth-order valence-electron chi connectivity index (χ4n) is 5.80. The minimum Gasteiger partial charge on any atom is -0.106 e. The third-order valence-corrected chi connectivity index (χ3v) is 20.7. The second-order valence-electron chi connectivity index (χ2n) is 8.53. The van der Waals surface area contributed by atoms with E-state index in [-0.39, 0.29) is 0 Å². The number of hydrogen-bond donors (Lipinski definition) is 0. The molecule has 4 aromatic carbocycles. The molecule has 0 aliphatic heterocycles. The zero-order valence-electron chi connectivity index (χ0n) is 18.8. The first-order valence-electron chi connectivity index (χ1n) is 11.5. The monoisotopic (exact) mass is 502 g/mol. The van der Waals surface area contributed by atoms with Crippen molar-refractivity contribution >= 4 is 18.7 Å². The number of hydrogen-bond acceptors (Lipinski definition) is 0. The molecule has 33 heavy (non-hydrogen) atoms. The standard InChI is InChI=1S/2C9H7.2C6H5.C2H4.Zr/c2*1-2-5-9-7-3-6-8(9)4-1;2*1-2-4-6-5-3-1;1-2;/h2*1-7H;2*1-5H;1-2H2;. The van der Waals surface area contributed by atoms with Crippen LogP contribution < -0.4 is 6.54 Å². The summed E-state index contributed by atoms with van der Waals surface area (Å²) < 4.78 is 4.05. The summed E-state index contributed by atoms with van der Waals surface area (Å²) in [6, 6.07) is 40.9. The average molecular weight is 504 g/mol. The normalized spacial score (nSPS) is 17.7. The number of fused-ring (bicyclic) bond motifs is 2. The molecule has 2 aliphatic rings. The number of rotatable bonds is 4. The van der Waals surface area contributed by atoms with Crippen molar-refractivity contribution in [2.75, 3.05) is 0 Å². The van der Waals surface area contributed by atoms with Gasteiger partial charge in [-0.05, 0) is 0 Å². The van der Waals surface area contributed by atoms with Gasteiger partial charge in [-0.2, -0.15) is 0 Å². The molecule has 0 saturated heterocycles. The van der Waals surface area contributed by atoms with Crippen LogP contribution in [0.5, 0.6) is 0 Å². The van der Waals surface area contributed by atoms with Crippen LogP contribution in [0, 0.1) is 0 Å². The van der Waals surface area contributed by atoms with Crippen LogP contribution in [-0.2, 0) is 20.3 Å². The molecule has 0 amide bonds. The summed E-state index contributed by atoms with van der Waals surface area (Å²) >= 11 is -3.44. The second kappa shape index (κ2) is 9.46. The predicted octanol–water partition coefficient (Wildman–Crippen LogP) is 7.13. The Labute approximate surface area is 202 Å². The Bertz CT molecular complexity index is 1200. The van der Waals surface area contributed by atoms with Crippen molar-refractivity contribution in [3.63, 3.8) is 0 Å². The van der Waals surface area contributed by atoms with Gasteiger partial charge in [0.2, 0.25) is 0 Å². The maximum atomic E-state index is 3.00. The summed E-state index contributed by atoms with van der Waals surface area (Å²) in [7, 11) is 0. The second-order valence-corrected chi connectivity index (χ2v) is 18.7. The molecule has 1 heteroatoms. The fourth-order valence-corrected chi connectivity index (χ4v) is 20.4. The molecule has 0 spiro atoms. The van der Waals surface area contributed by atoms with E-state index in [4.69, 9.17) is 0 Å². The van der Waals surface area contributed by atoms with Gasteiger partial charge >= 0.3 is 190 Å². The molecule has 0 N–H and O–H groups in total. The van der Waals surface area contributed by atoms with E-state index in [0.29, 0.717) is 7.25 Å². The SMILES string of the molecule is C1=C[CH]([Zr]([c]2ccccc2)([c]2ccccc2)[CH]2C=Cc3ccccc32)c2ccccc21.C=C. The van der Waals surface area contributed by atoms with Crippen molar-refractivity contribution in [3.8, 4) is 0 Å². The van der Waals surface area contributed by atoms with Crippen LogP contribution >= 0.6 is 0 Å². The molecular formula is C32H28Zr. The van der Waals surface area contributed by atoms with Gasteiger partial charge < -0.3 is 0 Å². The quantitative estimate of drug-likeness (QED) is 0.260. The smallest absolute Gasteiger partial charge is 0.106 e. The van der Waals surface area contributed by atoms with Gasteiger partial charge in [-0.3, -0.25) is 0 Å². The molecule has 0 fully saturated rings. The minimum atomic E-state index is -3.44. The van der Waals surface area contributed by atoms with Crippen molar-refractivity contribution in [2.24, 2.45) is 0 Å². The topological polar surface area (TPSA) is 0 Å². The van der Waals surface area contributed by atoms with Gasteiger partial charge in [-0.15, -0.1) is 13.2 Å². The fraction of sp³-hybridized carbons (Fsp3) is 0.0625. The Morgan fingerprint density at radius 1 is 0.455 bits per heavy atom. The van der Waals surface area contributed by atoms with Crippen molar-refractivity contribution in [1.29, 1.82) is 0 Å². The van der Waals surface area contributed by atoms with Crippen LogP contribution in [0.15, 0.2) is 135 Å². The maximum Gasteiger partial charge on any atom is -0.106 e. The first-order valence-corrected chi connectivity index (χ1v) is 16.8. The third-order valence-electron chi connectivity index (χ3n) is 7.08. The van der Waals surface area contributed by atoms with Crippen LogP contribution in [0.25, 0.3) is 12.2 Å². The minimum absolute atomic E-state index is 0.455. The van der Waals surface area contributed by atoms with E-state index < -0.39 is 20.3 Å². The molecule has 2 atom stereocenters. The summed E-state index contributed by atoms with van der Waals surface area (Å²) in [6.45, 7) is 6.00. The summed E-state index contributed by atoms with van der Waals surface area (Å²) in [5, 5.41) is 0. The summed E-state index contributed by atoms with van der Waals surface area (Å²) in [6.07, 6.45) is 9.77. The zero-order chi connectivity index (χ0) is 22.7.